The van der Waals surface area contributed by atoms with Crippen LogP contribution in [0.15, 0.2) is 6.33 Å². The van der Waals surface area contributed by atoms with Crippen LogP contribution in [0.3, 0.4) is 0 Å². The van der Waals surface area contributed by atoms with E-state index in [1.165, 1.54) is 12.8 Å². The quantitative estimate of drug-likeness (QED) is 0.680. The Balaban J connectivity index is 1.78. The normalized spacial score (nSPS) is 14.6. The number of ether oxygens (including phenoxy) is 1. The molecule has 1 aliphatic carbocycles. The topological polar surface area (TPSA) is 59.1 Å². The van der Waals surface area contributed by atoms with Crippen molar-refractivity contribution in [2.24, 2.45) is 5.92 Å². The Morgan fingerprint density at radius 2 is 2.05 bits per heavy atom. The maximum atomic E-state index is 5.63. The summed E-state index contributed by atoms with van der Waals surface area (Å²) in [5, 5.41) is 6.53. The molecule has 1 fully saturated rings. The summed E-state index contributed by atoms with van der Waals surface area (Å²) in [6, 6.07) is 0. The van der Waals surface area contributed by atoms with E-state index in [4.69, 9.17) is 4.74 Å². The fraction of sp³-hybridized carbons (Fsp3) is 0.733. The molecule has 1 aromatic rings. The zero-order valence-corrected chi connectivity index (χ0v) is 12.8. The van der Waals surface area contributed by atoms with E-state index in [2.05, 4.69) is 34.4 Å². The van der Waals surface area contributed by atoms with Crippen LogP contribution in [0.5, 0.6) is 0 Å². The highest BCUT2D eigenvalue weighted by molar-refractivity contribution is 5.58. The van der Waals surface area contributed by atoms with Crippen LogP contribution in [0, 0.1) is 5.92 Å². The SMILES string of the molecule is CNc1ncnc(NCCCOCC2CC2)c1C(C)C. The second kappa shape index (κ2) is 7.43. The van der Waals surface area contributed by atoms with Gasteiger partial charge in [-0.3, -0.25) is 0 Å². The van der Waals surface area contributed by atoms with Gasteiger partial charge in [0.05, 0.1) is 0 Å². The Bertz CT molecular complexity index is 418. The van der Waals surface area contributed by atoms with E-state index in [0.717, 1.165) is 49.3 Å². The summed E-state index contributed by atoms with van der Waals surface area (Å²) in [5.74, 6) is 3.06. The molecule has 0 aromatic carbocycles. The summed E-state index contributed by atoms with van der Waals surface area (Å²) in [6.07, 6.45) is 5.31. The number of hydrogen-bond donors (Lipinski definition) is 2. The third-order valence-electron chi connectivity index (χ3n) is 3.51. The summed E-state index contributed by atoms with van der Waals surface area (Å²) in [5.41, 5.74) is 1.15. The third kappa shape index (κ3) is 4.34. The lowest BCUT2D eigenvalue weighted by atomic mass is 10.0. The highest BCUT2D eigenvalue weighted by Gasteiger charge is 2.20. The van der Waals surface area contributed by atoms with Crippen molar-refractivity contribution in [2.45, 2.75) is 39.0 Å². The number of hydrogen-bond acceptors (Lipinski definition) is 5. The van der Waals surface area contributed by atoms with Gasteiger partial charge in [0, 0.05) is 32.4 Å². The molecule has 0 bridgehead atoms. The molecule has 112 valence electrons. The second-order valence-electron chi connectivity index (χ2n) is 5.69. The molecule has 1 heterocycles. The van der Waals surface area contributed by atoms with E-state index in [9.17, 15) is 0 Å². The molecule has 1 aromatic heterocycles. The van der Waals surface area contributed by atoms with Gasteiger partial charge in [-0.15, -0.1) is 0 Å². The number of rotatable bonds is 9. The number of anilines is 2. The van der Waals surface area contributed by atoms with Gasteiger partial charge in [0.15, 0.2) is 0 Å². The summed E-state index contributed by atoms with van der Waals surface area (Å²) >= 11 is 0. The van der Waals surface area contributed by atoms with Crippen LogP contribution in [0.4, 0.5) is 11.6 Å². The molecule has 2 N–H and O–H groups in total. The largest absolute Gasteiger partial charge is 0.381 e. The molecule has 1 aliphatic rings. The molecule has 5 heteroatoms. The van der Waals surface area contributed by atoms with Crippen LogP contribution in [0.1, 0.15) is 44.6 Å². The number of nitrogens with one attached hydrogen (secondary N) is 2. The lowest BCUT2D eigenvalue weighted by Gasteiger charge is -2.16. The molecule has 0 aliphatic heterocycles. The zero-order chi connectivity index (χ0) is 14.4. The van der Waals surface area contributed by atoms with Gasteiger partial charge in [-0.05, 0) is 31.1 Å². The lowest BCUT2D eigenvalue weighted by molar-refractivity contribution is 0.124. The Kier molecular flexibility index (Phi) is 5.59. The van der Waals surface area contributed by atoms with Crippen molar-refractivity contribution in [3.63, 3.8) is 0 Å². The standard InChI is InChI=1S/C15H26N4O/c1-11(2)13-14(16-3)18-10-19-15(13)17-7-4-8-20-9-12-5-6-12/h10-12H,4-9H2,1-3H3,(H2,16,17,18,19). The summed E-state index contributed by atoms with van der Waals surface area (Å²) in [6.45, 7) is 6.95. The molecule has 0 saturated heterocycles. The van der Waals surface area contributed by atoms with Gasteiger partial charge in [-0.2, -0.15) is 0 Å². The molecule has 0 unspecified atom stereocenters. The van der Waals surface area contributed by atoms with Crippen molar-refractivity contribution >= 4 is 11.6 Å². The Hall–Kier alpha value is -1.36. The summed E-state index contributed by atoms with van der Waals surface area (Å²) in [7, 11) is 1.89. The van der Waals surface area contributed by atoms with Crippen molar-refractivity contribution in [3.05, 3.63) is 11.9 Å². The first-order valence-corrected chi connectivity index (χ1v) is 7.56. The van der Waals surface area contributed by atoms with Crippen LogP contribution in [0.2, 0.25) is 0 Å². The molecule has 0 radical (unpaired) electrons. The maximum absolute atomic E-state index is 5.63. The van der Waals surface area contributed by atoms with Crippen molar-refractivity contribution in [3.8, 4) is 0 Å². The minimum atomic E-state index is 0.382. The number of nitrogens with zero attached hydrogens (tertiary/aromatic N) is 2. The maximum Gasteiger partial charge on any atom is 0.134 e. The van der Waals surface area contributed by atoms with E-state index in [0.29, 0.717) is 5.92 Å². The first-order chi connectivity index (χ1) is 9.72. The smallest absolute Gasteiger partial charge is 0.134 e. The van der Waals surface area contributed by atoms with Gasteiger partial charge < -0.3 is 15.4 Å². The first kappa shape index (κ1) is 15.0. The average Bonchev–Trinajstić information content (AvgIpc) is 3.26. The second-order valence-corrected chi connectivity index (χ2v) is 5.69. The highest BCUT2D eigenvalue weighted by Crippen LogP contribution is 2.29. The molecule has 1 saturated carbocycles. The highest BCUT2D eigenvalue weighted by atomic mass is 16.5. The lowest BCUT2D eigenvalue weighted by Crippen LogP contribution is -2.12. The fourth-order valence-electron chi connectivity index (χ4n) is 2.20. The van der Waals surface area contributed by atoms with E-state index in [-0.39, 0.29) is 0 Å². The van der Waals surface area contributed by atoms with Gasteiger partial charge in [-0.1, -0.05) is 13.8 Å². The van der Waals surface area contributed by atoms with Crippen LogP contribution < -0.4 is 10.6 Å². The molecular weight excluding hydrogens is 252 g/mol. The third-order valence-corrected chi connectivity index (χ3v) is 3.51. The van der Waals surface area contributed by atoms with E-state index >= 15 is 0 Å². The average molecular weight is 278 g/mol. The Morgan fingerprint density at radius 3 is 2.70 bits per heavy atom. The van der Waals surface area contributed by atoms with E-state index < -0.39 is 0 Å². The van der Waals surface area contributed by atoms with E-state index in [1.807, 2.05) is 7.05 Å². The summed E-state index contributed by atoms with van der Waals surface area (Å²) in [4.78, 5) is 8.64. The molecule has 5 nitrogen and oxygen atoms in total. The van der Waals surface area contributed by atoms with Gasteiger partial charge in [0.2, 0.25) is 0 Å². The predicted octanol–water partition coefficient (Wildman–Crippen LogP) is 2.87. The first-order valence-electron chi connectivity index (χ1n) is 7.56. The Morgan fingerprint density at radius 1 is 1.30 bits per heavy atom. The summed E-state index contributed by atoms with van der Waals surface area (Å²) < 4.78 is 5.63. The van der Waals surface area contributed by atoms with Gasteiger partial charge in [0.25, 0.3) is 0 Å². The Labute approximate surface area is 121 Å². The molecule has 0 atom stereocenters. The van der Waals surface area contributed by atoms with Gasteiger partial charge >= 0.3 is 0 Å². The minimum absolute atomic E-state index is 0.382. The molecule has 0 amide bonds. The molecule has 2 rings (SSSR count). The molecule has 20 heavy (non-hydrogen) atoms. The zero-order valence-electron chi connectivity index (χ0n) is 12.8. The van der Waals surface area contributed by atoms with Crippen LogP contribution in [-0.4, -0.2) is 36.8 Å². The van der Waals surface area contributed by atoms with Crippen LogP contribution >= 0.6 is 0 Å². The molecular formula is C15H26N4O. The molecule has 0 spiro atoms. The predicted molar refractivity (Wildman–Crippen MR) is 82.3 cm³/mol. The van der Waals surface area contributed by atoms with Crippen molar-refractivity contribution in [1.29, 1.82) is 0 Å². The van der Waals surface area contributed by atoms with E-state index in [1.54, 1.807) is 6.33 Å². The minimum Gasteiger partial charge on any atom is -0.381 e. The monoisotopic (exact) mass is 278 g/mol. The van der Waals surface area contributed by atoms with Crippen LogP contribution in [0.25, 0.3) is 0 Å². The van der Waals surface area contributed by atoms with Crippen LogP contribution in [-0.2, 0) is 4.74 Å². The van der Waals surface area contributed by atoms with Crippen molar-refractivity contribution in [1.82, 2.24) is 9.97 Å². The van der Waals surface area contributed by atoms with Crippen molar-refractivity contribution < 1.29 is 4.74 Å². The van der Waals surface area contributed by atoms with Gasteiger partial charge in [-0.25, -0.2) is 9.97 Å². The number of aromatic nitrogens is 2. The van der Waals surface area contributed by atoms with Gasteiger partial charge in [0.1, 0.15) is 18.0 Å². The fourth-order valence-corrected chi connectivity index (χ4v) is 2.20. The van der Waals surface area contributed by atoms with Crippen molar-refractivity contribution in [2.75, 3.05) is 37.4 Å².